The quantitative estimate of drug-likeness (QED) is 0.731. The first-order chi connectivity index (χ1) is 13.1. The number of ether oxygens (including phenoxy) is 1. The first kappa shape index (κ1) is 17.3. The predicted molar refractivity (Wildman–Crippen MR) is 104 cm³/mol. The Morgan fingerprint density at radius 3 is 2.37 bits per heavy atom. The molecule has 1 aliphatic rings. The fourth-order valence-corrected chi connectivity index (χ4v) is 3.61. The van der Waals surface area contributed by atoms with E-state index in [9.17, 15) is 15.0 Å². The summed E-state index contributed by atoms with van der Waals surface area (Å²) in [5.74, 6) is -0.264. The van der Waals surface area contributed by atoms with Crippen molar-refractivity contribution in [1.82, 2.24) is 0 Å². The van der Waals surface area contributed by atoms with Gasteiger partial charge >= 0.3 is 0 Å². The highest BCUT2D eigenvalue weighted by Crippen LogP contribution is 2.40. The maximum atomic E-state index is 12.5. The van der Waals surface area contributed by atoms with Crippen LogP contribution in [0, 0.1) is 0 Å². The van der Waals surface area contributed by atoms with Crippen molar-refractivity contribution in [3.05, 3.63) is 46.6 Å². The topological polar surface area (TPSA) is 83.1 Å². The van der Waals surface area contributed by atoms with E-state index < -0.39 is 5.43 Å². The SMILES string of the molecule is COc1c(O)cc(O)c2c(=O)cc(-c3ccc(N4CCCCC4)cc3)oc12. The molecule has 2 aromatic carbocycles. The Morgan fingerprint density at radius 1 is 1.00 bits per heavy atom. The maximum absolute atomic E-state index is 12.5. The van der Waals surface area contributed by atoms with Crippen LogP contribution < -0.4 is 15.1 Å². The highest BCUT2D eigenvalue weighted by molar-refractivity contribution is 5.91. The summed E-state index contributed by atoms with van der Waals surface area (Å²) >= 11 is 0. The van der Waals surface area contributed by atoms with E-state index >= 15 is 0 Å². The minimum Gasteiger partial charge on any atom is -0.507 e. The molecule has 1 fully saturated rings. The summed E-state index contributed by atoms with van der Waals surface area (Å²) in [7, 11) is 1.37. The number of aromatic hydroxyl groups is 2. The van der Waals surface area contributed by atoms with Gasteiger partial charge in [-0.05, 0) is 43.5 Å². The molecule has 140 valence electrons. The Bertz CT molecular complexity index is 1030. The molecule has 0 aliphatic carbocycles. The predicted octanol–water partition coefficient (Wildman–Crippen LogP) is 3.87. The van der Waals surface area contributed by atoms with Gasteiger partial charge in [-0.15, -0.1) is 0 Å². The van der Waals surface area contributed by atoms with Crippen molar-refractivity contribution in [2.45, 2.75) is 19.3 Å². The van der Waals surface area contributed by atoms with Crippen LogP contribution in [0.25, 0.3) is 22.3 Å². The molecule has 1 aliphatic heterocycles. The summed E-state index contributed by atoms with van der Waals surface area (Å²) in [6, 6.07) is 10.3. The Morgan fingerprint density at radius 2 is 1.70 bits per heavy atom. The van der Waals surface area contributed by atoms with Gasteiger partial charge in [0, 0.05) is 36.5 Å². The zero-order chi connectivity index (χ0) is 19.0. The summed E-state index contributed by atoms with van der Waals surface area (Å²) in [6.45, 7) is 2.11. The van der Waals surface area contributed by atoms with Crippen LogP contribution in [0.1, 0.15) is 19.3 Å². The van der Waals surface area contributed by atoms with Crippen LogP contribution in [-0.2, 0) is 0 Å². The number of rotatable bonds is 3. The summed E-state index contributed by atoms with van der Waals surface area (Å²) in [6.07, 6.45) is 3.68. The molecule has 2 N–H and O–H groups in total. The van der Waals surface area contributed by atoms with E-state index in [1.165, 1.54) is 32.4 Å². The molecule has 1 aromatic heterocycles. The Hall–Kier alpha value is -3.15. The number of phenolic OH excluding ortho intramolecular Hbond substituents is 2. The Labute approximate surface area is 156 Å². The van der Waals surface area contributed by atoms with Crippen molar-refractivity contribution >= 4 is 16.7 Å². The minimum atomic E-state index is -0.401. The lowest BCUT2D eigenvalue weighted by Crippen LogP contribution is -2.29. The van der Waals surface area contributed by atoms with Crippen molar-refractivity contribution in [3.8, 4) is 28.6 Å². The second-order valence-electron chi connectivity index (χ2n) is 6.72. The standard InChI is InChI=1S/C21H21NO5/c1-26-20-17(25)11-15(23)19-16(24)12-18(27-21(19)20)13-5-7-14(8-6-13)22-9-3-2-4-10-22/h5-8,11-12,23,25H,2-4,9-10H2,1H3. The summed E-state index contributed by atoms with van der Waals surface area (Å²) in [4.78, 5) is 14.9. The van der Waals surface area contributed by atoms with Crippen molar-refractivity contribution in [2.24, 2.45) is 0 Å². The molecule has 0 bridgehead atoms. The maximum Gasteiger partial charge on any atom is 0.204 e. The van der Waals surface area contributed by atoms with Gasteiger partial charge in [-0.2, -0.15) is 0 Å². The average molecular weight is 367 g/mol. The highest BCUT2D eigenvalue weighted by atomic mass is 16.5. The highest BCUT2D eigenvalue weighted by Gasteiger charge is 2.19. The van der Waals surface area contributed by atoms with Gasteiger partial charge in [0.2, 0.25) is 5.75 Å². The largest absolute Gasteiger partial charge is 0.507 e. The zero-order valence-electron chi connectivity index (χ0n) is 15.1. The van der Waals surface area contributed by atoms with Crippen LogP contribution in [0.3, 0.4) is 0 Å². The lowest BCUT2D eigenvalue weighted by molar-refractivity contribution is 0.367. The molecular weight excluding hydrogens is 346 g/mol. The molecule has 27 heavy (non-hydrogen) atoms. The van der Waals surface area contributed by atoms with Gasteiger partial charge in [-0.25, -0.2) is 0 Å². The Kier molecular flexibility index (Phi) is 4.39. The van der Waals surface area contributed by atoms with E-state index in [-0.39, 0.29) is 28.2 Å². The number of benzene rings is 2. The normalized spacial score (nSPS) is 14.5. The molecule has 6 heteroatoms. The molecule has 6 nitrogen and oxygen atoms in total. The van der Waals surface area contributed by atoms with E-state index in [1.807, 2.05) is 24.3 Å². The van der Waals surface area contributed by atoms with Gasteiger partial charge in [0.15, 0.2) is 16.8 Å². The molecule has 0 unspecified atom stereocenters. The molecule has 0 atom stereocenters. The molecular formula is C21H21NO5. The van der Waals surface area contributed by atoms with Gasteiger partial charge in [-0.3, -0.25) is 4.79 Å². The first-order valence-electron chi connectivity index (χ1n) is 9.00. The van der Waals surface area contributed by atoms with Gasteiger partial charge in [-0.1, -0.05) is 0 Å². The zero-order valence-corrected chi connectivity index (χ0v) is 15.1. The molecule has 4 rings (SSSR count). The van der Waals surface area contributed by atoms with Gasteiger partial charge in [0.25, 0.3) is 0 Å². The van der Waals surface area contributed by atoms with E-state index in [2.05, 4.69) is 4.90 Å². The van der Waals surface area contributed by atoms with E-state index in [0.29, 0.717) is 5.76 Å². The number of hydrogen-bond acceptors (Lipinski definition) is 6. The molecule has 1 saturated heterocycles. The minimum absolute atomic E-state index is 0.0154. The summed E-state index contributed by atoms with van der Waals surface area (Å²) < 4.78 is 11.0. The summed E-state index contributed by atoms with van der Waals surface area (Å²) in [5.41, 5.74) is 1.51. The van der Waals surface area contributed by atoms with Crippen molar-refractivity contribution in [1.29, 1.82) is 0 Å². The van der Waals surface area contributed by atoms with Crippen molar-refractivity contribution in [2.75, 3.05) is 25.1 Å². The number of anilines is 1. The average Bonchev–Trinajstić information content (AvgIpc) is 2.68. The number of phenols is 2. The fourth-order valence-electron chi connectivity index (χ4n) is 3.61. The smallest absolute Gasteiger partial charge is 0.204 e. The third-order valence-electron chi connectivity index (χ3n) is 4.99. The lowest BCUT2D eigenvalue weighted by Gasteiger charge is -2.28. The number of hydrogen-bond donors (Lipinski definition) is 2. The number of methoxy groups -OCH3 is 1. The molecule has 2 heterocycles. The van der Waals surface area contributed by atoms with E-state index in [1.54, 1.807) is 0 Å². The third kappa shape index (κ3) is 3.07. The second-order valence-corrected chi connectivity index (χ2v) is 6.72. The molecule has 0 radical (unpaired) electrons. The van der Waals surface area contributed by atoms with Crippen LogP contribution >= 0.6 is 0 Å². The Balaban J connectivity index is 1.78. The van der Waals surface area contributed by atoms with E-state index in [0.717, 1.165) is 30.4 Å². The van der Waals surface area contributed by atoms with Crippen molar-refractivity contribution in [3.63, 3.8) is 0 Å². The third-order valence-corrected chi connectivity index (χ3v) is 4.99. The van der Waals surface area contributed by atoms with Gasteiger partial charge in [0.05, 0.1) is 7.11 Å². The van der Waals surface area contributed by atoms with Crippen LogP contribution in [0.2, 0.25) is 0 Å². The van der Waals surface area contributed by atoms with Crippen LogP contribution in [0.4, 0.5) is 5.69 Å². The van der Waals surface area contributed by atoms with Crippen LogP contribution in [0.5, 0.6) is 17.2 Å². The molecule has 0 spiro atoms. The molecule has 0 amide bonds. The number of piperidine rings is 1. The second kappa shape index (κ2) is 6.87. The van der Waals surface area contributed by atoms with Crippen LogP contribution in [0.15, 0.2) is 45.6 Å². The lowest BCUT2D eigenvalue weighted by atomic mass is 10.1. The number of fused-ring (bicyclic) bond motifs is 1. The first-order valence-corrected chi connectivity index (χ1v) is 9.00. The van der Waals surface area contributed by atoms with Crippen molar-refractivity contribution < 1.29 is 19.4 Å². The van der Waals surface area contributed by atoms with Gasteiger partial charge in [0.1, 0.15) is 16.9 Å². The van der Waals surface area contributed by atoms with Gasteiger partial charge < -0.3 is 24.3 Å². The van der Waals surface area contributed by atoms with E-state index in [4.69, 9.17) is 9.15 Å². The molecule has 3 aromatic rings. The van der Waals surface area contributed by atoms with Crippen LogP contribution in [-0.4, -0.2) is 30.4 Å². The monoisotopic (exact) mass is 367 g/mol. The fraction of sp³-hybridized carbons (Fsp3) is 0.286. The summed E-state index contributed by atoms with van der Waals surface area (Å²) in [5, 5.41) is 20.0. The molecule has 0 saturated carbocycles. The number of nitrogens with zero attached hydrogens (tertiary/aromatic N) is 1.